The van der Waals surface area contributed by atoms with E-state index in [1.54, 1.807) is 18.2 Å². The average molecular weight is 443 g/mol. The van der Waals surface area contributed by atoms with E-state index < -0.39 is 0 Å². The number of amidine groups is 1. The number of fused-ring (bicyclic) bond motifs is 2. The minimum absolute atomic E-state index is 0.00301. The Morgan fingerprint density at radius 2 is 1.94 bits per heavy atom. The molecule has 0 bridgehead atoms. The van der Waals surface area contributed by atoms with Crippen LogP contribution >= 0.6 is 0 Å². The maximum absolute atomic E-state index is 13.5. The fraction of sp³-hybridized carbons (Fsp3) is 0.280. The standard InChI is InChI=1S/C25H26N6O2/c1-14(2)31-18(10-16-7-4-6-15(3)20(16)25(31)33)12-30-24-21(23(26)27-13-28-24)22(29-30)17-8-5-9-19(32)11-17/h4-11,13-14,21,24,32H,12H2,1-3H3,(H2,26,27,28). The first kappa shape index (κ1) is 20.9. The van der Waals surface area contributed by atoms with Crippen molar-refractivity contribution in [2.75, 3.05) is 0 Å². The van der Waals surface area contributed by atoms with Crippen molar-refractivity contribution in [2.24, 2.45) is 26.7 Å². The second-order valence-electron chi connectivity index (χ2n) is 8.79. The lowest BCUT2D eigenvalue weighted by atomic mass is 9.93. The molecule has 168 valence electrons. The van der Waals surface area contributed by atoms with E-state index in [1.165, 1.54) is 6.34 Å². The number of aryl methyl sites for hydroxylation is 1. The van der Waals surface area contributed by atoms with Crippen molar-refractivity contribution in [2.45, 2.75) is 39.5 Å². The Balaban J connectivity index is 1.63. The van der Waals surface area contributed by atoms with E-state index in [2.05, 4.69) is 16.1 Å². The highest BCUT2D eigenvalue weighted by Gasteiger charge is 2.42. The maximum atomic E-state index is 13.5. The van der Waals surface area contributed by atoms with E-state index in [0.29, 0.717) is 18.1 Å². The van der Waals surface area contributed by atoms with Gasteiger partial charge in [0, 0.05) is 17.3 Å². The van der Waals surface area contributed by atoms with Gasteiger partial charge in [-0.15, -0.1) is 0 Å². The van der Waals surface area contributed by atoms with Crippen LogP contribution in [0.3, 0.4) is 0 Å². The smallest absolute Gasteiger partial charge is 0.259 e. The number of phenols is 1. The summed E-state index contributed by atoms with van der Waals surface area (Å²) >= 11 is 0. The van der Waals surface area contributed by atoms with Crippen molar-refractivity contribution in [1.82, 2.24) is 9.58 Å². The molecule has 0 amide bonds. The lowest BCUT2D eigenvalue weighted by Gasteiger charge is -2.28. The van der Waals surface area contributed by atoms with Crippen LogP contribution in [-0.4, -0.2) is 38.7 Å². The third-order valence-electron chi connectivity index (χ3n) is 6.23. The van der Waals surface area contributed by atoms with Gasteiger partial charge in [-0.05, 0) is 49.9 Å². The fourth-order valence-corrected chi connectivity index (χ4v) is 4.77. The lowest BCUT2D eigenvalue weighted by Crippen LogP contribution is -2.42. The highest BCUT2D eigenvalue weighted by Crippen LogP contribution is 2.32. The van der Waals surface area contributed by atoms with Gasteiger partial charge in [-0.3, -0.25) is 9.80 Å². The molecule has 0 saturated heterocycles. The summed E-state index contributed by atoms with van der Waals surface area (Å²) in [6.07, 6.45) is 1.09. The number of hydrogen-bond acceptors (Lipinski definition) is 7. The summed E-state index contributed by atoms with van der Waals surface area (Å²) in [6, 6.07) is 14.9. The van der Waals surface area contributed by atoms with Gasteiger partial charge in [-0.1, -0.05) is 30.3 Å². The third-order valence-corrected chi connectivity index (χ3v) is 6.23. The molecule has 3 N–H and O–H groups in total. The van der Waals surface area contributed by atoms with Crippen LogP contribution < -0.4 is 11.3 Å². The van der Waals surface area contributed by atoms with Crippen LogP contribution in [0.4, 0.5) is 0 Å². The summed E-state index contributed by atoms with van der Waals surface area (Å²) in [4.78, 5) is 22.2. The lowest BCUT2D eigenvalue weighted by molar-refractivity contribution is 0.207. The molecule has 0 fully saturated rings. The molecule has 5 rings (SSSR count). The molecule has 0 aliphatic carbocycles. The number of aromatic hydroxyl groups is 1. The van der Waals surface area contributed by atoms with Gasteiger partial charge in [-0.2, -0.15) is 5.10 Å². The number of hydrazone groups is 1. The molecule has 2 unspecified atom stereocenters. The van der Waals surface area contributed by atoms with Gasteiger partial charge in [0.15, 0.2) is 6.17 Å². The number of nitrogens with zero attached hydrogens (tertiary/aromatic N) is 5. The highest BCUT2D eigenvalue weighted by atomic mass is 16.3. The van der Waals surface area contributed by atoms with E-state index >= 15 is 0 Å². The first-order valence-corrected chi connectivity index (χ1v) is 11.0. The van der Waals surface area contributed by atoms with E-state index in [0.717, 1.165) is 27.6 Å². The van der Waals surface area contributed by atoms with E-state index in [9.17, 15) is 9.90 Å². The number of hydrogen-bond donors (Lipinski definition) is 2. The normalized spacial score (nSPS) is 19.7. The molecular weight excluding hydrogens is 416 g/mol. The monoisotopic (exact) mass is 442 g/mol. The fourth-order valence-electron chi connectivity index (χ4n) is 4.77. The average Bonchev–Trinajstić information content (AvgIpc) is 3.13. The Labute approximate surface area is 191 Å². The molecule has 2 atom stereocenters. The highest BCUT2D eigenvalue weighted by molar-refractivity contribution is 6.17. The second kappa shape index (κ2) is 7.88. The molecule has 0 spiro atoms. The number of nitrogens with two attached hydrogens (primary N) is 1. The van der Waals surface area contributed by atoms with Crippen molar-refractivity contribution in [3.8, 4) is 5.75 Å². The predicted octanol–water partition coefficient (Wildman–Crippen LogP) is 3.16. The van der Waals surface area contributed by atoms with Gasteiger partial charge >= 0.3 is 0 Å². The van der Waals surface area contributed by atoms with Crippen LogP contribution in [0.5, 0.6) is 5.75 Å². The summed E-state index contributed by atoms with van der Waals surface area (Å²) in [5.74, 6) is 0.243. The van der Waals surface area contributed by atoms with Crippen LogP contribution in [0.15, 0.2) is 68.4 Å². The molecular formula is C25H26N6O2. The summed E-state index contributed by atoms with van der Waals surface area (Å²) in [6.45, 7) is 6.36. The number of aliphatic imine (C=N–C) groups is 2. The van der Waals surface area contributed by atoms with Gasteiger partial charge < -0.3 is 15.4 Å². The Bertz CT molecular complexity index is 1400. The van der Waals surface area contributed by atoms with Gasteiger partial charge in [0.25, 0.3) is 5.56 Å². The minimum Gasteiger partial charge on any atom is -0.508 e. The summed E-state index contributed by atoms with van der Waals surface area (Å²) in [5, 5.41) is 18.4. The molecule has 2 aliphatic heterocycles. The van der Waals surface area contributed by atoms with Gasteiger partial charge in [-0.25, -0.2) is 9.98 Å². The minimum atomic E-state index is -0.372. The molecule has 2 aromatic carbocycles. The first-order chi connectivity index (χ1) is 15.8. The topological polar surface area (TPSA) is 109 Å². The van der Waals surface area contributed by atoms with Crippen LogP contribution in [0.1, 0.15) is 36.7 Å². The van der Waals surface area contributed by atoms with Crippen LogP contribution in [-0.2, 0) is 6.54 Å². The zero-order chi connectivity index (χ0) is 23.3. The first-order valence-electron chi connectivity index (χ1n) is 11.0. The van der Waals surface area contributed by atoms with Crippen LogP contribution in [0, 0.1) is 12.8 Å². The number of phenolic OH excluding ortho intramolecular Hbond substituents is 1. The summed E-state index contributed by atoms with van der Waals surface area (Å²) in [5.41, 5.74) is 9.54. The van der Waals surface area contributed by atoms with Crippen molar-refractivity contribution < 1.29 is 5.11 Å². The van der Waals surface area contributed by atoms with Crippen LogP contribution in [0.2, 0.25) is 0 Å². The number of rotatable bonds is 4. The van der Waals surface area contributed by atoms with Gasteiger partial charge in [0.1, 0.15) is 23.8 Å². The number of benzene rings is 2. The summed E-state index contributed by atoms with van der Waals surface area (Å²) in [7, 11) is 0. The molecule has 33 heavy (non-hydrogen) atoms. The Morgan fingerprint density at radius 3 is 2.70 bits per heavy atom. The molecule has 3 aromatic rings. The molecule has 1 aromatic heterocycles. The molecule has 8 heteroatoms. The quantitative estimate of drug-likeness (QED) is 0.647. The van der Waals surface area contributed by atoms with Crippen molar-refractivity contribution in [1.29, 1.82) is 0 Å². The molecule has 2 aliphatic rings. The number of pyridine rings is 1. The van der Waals surface area contributed by atoms with Gasteiger partial charge in [0.05, 0.1) is 17.6 Å². The molecule has 3 heterocycles. The Hall–Kier alpha value is -3.94. The Kier molecular flexibility index (Phi) is 5.00. The van der Waals surface area contributed by atoms with Crippen molar-refractivity contribution in [3.05, 3.63) is 75.7 Å². The summed E-state index contributed by atoms with van der Waals surface area (Å²) < 4.78 is 1.83. The zero-order valence-corrected chi connectivity index (χ0v) is 18.8. The largest absolute Gasteiger partial charge is 0.508 e. The molecule has 8 nitrogen and oxygen atoms in total. The zero-order valence-electron chi connectivity index (χ0n) is 18.8. The second-order valence-corrected chi connectivity index (χ2v) is 8.79. The van der Waals surface area contributed by atoms with E-state index in [-0.39, 0.29) is 29.4 Å². The number of aromatic nitrogens is 1. The molecule has 0 saturated carbocycles. The van der Waals surface area contributed by atoms with E-state index in [4.69, 9.17) is 10.8 Å². The SMILES string of the molecule is Cc1cccc2cc(CN3N=C(c4cccc(O)c4)C4C(N)=NC=NC43)n(C(C)C)c(=O)c12. The van der Waals surface area contributed by atoms with Gasteiger partial charge in [0.2, 0.25) is 0 Å². The predicted molar refractivity (Wildman–Crippen MR) is 131 cm³/mol. The van der Waals surface area contributed by atoms with Crippen molar-refractivity contribution in [3.63, 3.8) is 0 Å². The maximum Gasteiger partial charge on any atom is 0.259 e. The Morgan fingerprint density at radius 1 is 1.15 bits per heavy atom. The van der Waals surface area contributed by atoms with E-state index in [1.807, 2.05) is 54.6 Å². The van der Waals surface area contributed by atoms with Crippen LogP contribution in [0.25, 0.3) is 10.8 Å². The third kappa shape index (κ3) is 3.47. The van der Waals surface area contributed by atoms with Crippen molar-refractivity contribution >= 4 is 28.7 Å². The molecule has 0 radical (unpaired) electrons.